The fraction of sp³-hybridized carbons (Fsp3) is 0.167. The van der Waals surface area contributed by atoms with Crippen molar-refractivity contribution in [2.24, 2.45) is 0 Å². The monoisotopic (exact) mass is 124 g/mol. The summed E-state index contributed by atoms with van der Waals surface area (Å²) in [7, 11) is 1.78. The molecule has 3 heteroatoms. The number of nitrogens with zero attached hydrogens (tertiary/aromatic N) is 1. The Bertz CT molecular complexity index is 183. The molecule has 0 fully saturated rings. The third-order valence-electron chi connectivity index (χ3n) is 1.00. The SMILES string of the molecule is CNc1ccc(O)cn1. The van der Waals surface area contributed by atoms with E-state index in [1.807, 2.05) is 0 Å². The van der Waals surface area contributed by atoms with E-state index in [0.717, 1.165) is 5.82 Å². The Morgan fingerprint density at radius 1 is 1.56 bits per heavy atom. The summed E-state index contributed by atoms with van der Waals surface area (Å²) >= 11 is 0. The van der Waals surface area contributed by atoms with Crippen LogP contribution in [0.2, 0.25) is 0 Å². The highest BCUT2D eigenvalue weighted by Crippen LogP contribution is 2.07. The number of aromatic hydroxyl groups is 1. The molecule has 0 atom stereocenters. The predicted octanol–water partition coefficient (Wildman–Crippen LogP) is 0.829. The Morgan fingerprint density at radius 2 is 2.33 bits per heavy atom. The first-order chi connectivity index (χ1) is 4.33. The molecule has 0 radical (unpaired) electrons. The van der Waals surface area contributed by atoms with Crippen LogP contribution in [0.5, 0.6) is 5.75 Å². The Hall–Kier alpha value is -1.25. The van der Waals surface area contributed by atoms with Crippen molar-refractivity contribution < 1.29 is 5.11 Å². The average molecular weight is 124 g/mol. The second-order valence-electron chi connectivity index (χ2n) is 1.65. The van der Waals surface area contributed by atoms with E-state index in [0.29, 0.717) is 0 Å². The van der Waals surface area contributed by atoms with Gasteiger partial charge in [-0.05, 0) is 12.1 Å². The van der Waals surface area contributed by atoms with Gasteiger partial charge in [0.25, 0.3) is 0 Å². The number of anilines is 1. The molecule has 0 saturated heterocycles. The van der Waals surface area contributed by atoms with Crippen LogP contribution in [0.25, 0.3) is 0 Å². The highest BCUT2D eigenvalue weighted by atomic mass is 16.3. The fourth-order valence-electron chi connectivity index (χ4n) is 0.534. The molecule has 0 aliphatic heterocycles. The van der Waals surface area contributed by atoms with Gasteiger partial charge in [0.15, 0.2) is 0 Å². The molecule has 1 aromatic rings. The normalized spacial score (nSPS) is 9.00. The maximum Gasteiger partial charge on any atom is 0.134 e. The summed E-state index contributed by atoms with van der Waals surface area (Å²) in [6.07, 6.45) is 1.39. The molecule has 0 aliphatic rings. The topological polar surface area (TPSA) is 45.1 Å². The van der Waals surface area contributed by atoms with Gasteiger partial charge in [-0.1, -0.05) is 0 Å². The minimum absolute atomic E-state index is 0.189. The summed E-state index contributed by atoms with van der Waals surface area (Å²) in [6.45, 7) is 0. The molecule has 0 aliphatic carbocycles. The van der Waals surface area contributed by atoms with Crippen LogP contribution < -0.4 is 5.32 Å². The van der Waals surface area contributed by atoms with Crippen molar-refractivity contribution in [2.75, 3.05) is 12.4 Å². The molecule has 0 spiro atoms. The average Bonchev–Trinajstić information content (AvgIpc) is 1.90. The summed E-state index contributed by atoms with van der Waals surface area (Å²) < 4.78 is 0. The van der Waals surface area contributed by atoms with E-state index < -0.39 is 0 Å². The summed E-state index contributed by atoms with van der Waals surface area (Å²) in [6, 6.07) is 3.29. The zero-order valence-corrected chi connectivity index (χ0v) is 5.13. The van der Waals surface area contributed by atoms with Gasteiger partial charge in [-0.3, -0.25) is 0 Å². The molecular formula is C6H8N2O. The summed E-state index contributed by atoms with van der Waals surface area (Å²) in [4.78, 5) is 3.84. The van der Waals surface area contributed by atoms with E-state index in [1.54, 1.807) is 19.2 Å². The lowest BCUT2D eigenvalue weighted by molar-refractivity contribution is 0.473. The minimum Gasteiger partial charge on any atom is -0.506 e. The largest absolute Gasteiger partial charge is 0.506 e. The number of nitrogens with one attached hydrogen (secondary N) is 1. The Kier molecular flexibility index (Phi) is 1.53. The van der Waals surface area contributed by atoms with E-state index in [9.17, 15) is 0 Å². The van der Waals surface area contributed by atoms with Crippen molar-refractivity contribution in [3.8, 4) is 5.75 Å². The molecule has 1 heterocycles. The van der Waals surface area contributed by atoms with Gasteiger partial charge >= 0.3 is 0 Å². The van der Waals surface area contributed by atoms with Gasteiger partial charge in [-0.2, -0.15) is 0 Å². The predicted molar refractivity (Wildman–Crippen MR) is 35.4 cm³/mol. The summed E-state index contributed by atoms with van der Waals surface area (Å²) in [5, 5.41) is 11.6. The molecule has 1 aromatic heterocycles. The third kappa shape index (κ3) is 1.32. The zero-order chi connectivity index (χ0) is 6.69. The standard InChI is InChI=1S/C6H8N2O/c1-7-6-3-2-5(9)4-8-6/h2-4,9H,1H3,(H,7,8). The molecule has 1 rings (SSSR count). The Morgan fingerprint density at radius 3 is 2.78 bits per heavy atom. The van der Waals surface area contributed by atoms with Gasteiger partial charge in [-0.25, -0.2) is 4.98 Å². The number of rotatable bonds is 1. The second kappa shape index (κ2) is 2.35. The maximum atomic E-state index is 8.76. The van der Waals surface area contributed by atoms with E-state index in [4.69, 9.17) is 5.11 Å². The lowest BCUT2D eigenvalue weighted by Gasteiger charge is -1.95. The van der Waals surface area contributed by atoms with Crippen LogP contribution in [-0.2, 0) is 0 Å². The van der Waals surface area contributed by atoms with Gasteiger partial charge in [-0.15, -0.1) is 0 Å². The minimum atomic E-state index is 0.189. The number of pyridine rings is 1. The second-order valence-corrected chi connectivity index (χ2v) is 1.65. The first kappa shape index (κ1) is 5.88. The van der Waals surface area contributed by atoms with E-state index in [1.165, 1.54) is 6.20 Å². The van der Waals surface area contributed by atoms with Crippen molar-refractivity contribution in [3.63, 3.8) is 0 Å². The molecule has 3 nitrogen and oxygen atoms in total. The molecular weight excluding hydrogens is 116 g/mol. The number of hydrogen-bond donors (Lipinski definition) is 2. The number of hydrogen-bond acceptors (Lipinski definition) is 3. The lowest BCUT2D eigenvalue weighted by Crippen LogP contribution is -1.89. The zero-order valence-electron chi connectivity index (χ0n) is 5.13. The van der Waals surface area contributed by atoms with E-state index in [2.05, 4.69) is 10.3 Å². The van der Waals surface area contributed by atoms with E-state index >= 15 is 0 Å². The Labute approximate surface area is 53.4 Å². The Balaban J connectivity index is 2.88. The van der Waals surface area contributed by atoms with Gasteiger partial charge in [0, 0.05) is 7.05 Å². The lowest BCUT2D eigenvalue weighted by atomic mass is 10.4. The molecule has 0 saturated carbocycles. The van der Waals surface area contributed by atoms with Crippen LogP contribution >= 0.6 is 0 Å². The smallest absolute Gasteiger partial charge is 0.134 e. The third-order valence-corrected chi connectivity index (χ3v) is 1.00. The van der Waals surface area contributed by atoms with Crippen molar-refractivity contribution in [3.05, 3.63) is 18.3 Å². The molecule has 0 amide bonds. The molecule has 0 bridgehead atoms. The summed E-state index contributed by atoms with van der Waals surface area (Å²) in [5.41, 5.74) is 0. The van der Waals surface area contributed by atoms with Crippen LogP contribution in [-0.4, -0.2) is 17.1 Å². The van der Waals surface area contributed by atoms with Gasteiger partial charge in [0.2, 0.25) is 0 Å². The highest BCUT2D eigenvalue weighted by Gasteiger charge is 1.87. The van der Waals surface area contributed by atoms with Crippen molar-refractivity contribution in [1.29, 1.82) is 0 Å². The van der Waals surface area contributed by atoms with Gasteiger partial charge in [0.1, 0.15) is 11.6 Å². The van der Waals surface area contributed by atoms with Crippen LogP contribution in [0.1, 0.15) is 0 Å². The molecule has 9 heavy (non-hydrogen) atoms. The van der Waals surface area contributed by atoms with Crippen LogP contribution in [0, 0.1) is 0 Å². The van der Waals surface area contributed by atoms with Gasteiger partial charge in [0.05, 0.1) is 6.20 Å². The first-order valence-corrected chi connectivity index (χ1v) is 2.65. The van der Waals surface area contributed by atoms with Crippen molar-refractivity contribution >= 4 is 5.82 Å². The van der Waals surface area contributed by atoms with Crippen LogP contribution in [0.4, 0.5) is 5.82 Å². The van der Waals surface area contributed by atoms with Crippen LogP contribution in [0.3, 0.4) is 0 Å². The van der Waals surface area contributed by atoms with Crippen molar-refractivity contribution in [2.45, 2.75) is 0 Å². The molecule has 0 unspecified atom stereocenters. The number of aromatic nitrogens is 1. The quantitative estimate of drug-likeness (QED) is 0.582. The maximum absolute atomic E-state index is 8.76. The van der Waals surface area contributed by atoms with Crippen LogP contribution in [0.15, 0.2) is 18.3 Å². The molecule has 0 aromatic carbocycles. The summed E-state index contributed by atoms with van der Waals surface area (Å²) in [5.74, 6) is 0.946. The first-order valence-electron chi connectivity index (χ1n) is 2.65. The van der Waals surface area contributed by atoms with Gasteiger partial charge < -0.3 is 10.4 Å². The van der Waals surface area contributed by atoms with E-state index in [-0.39, 0.29) is 5.75 Å². The van der Waals surface area contributed by atoms with Crippen molar-refractivity contribution in [1.82, 2.24) is 4.98 Å². The molecule has 48 valence electrons. The fourth-order valence-corrected chi connectivity index (χ4v) is 0.534. The highest BCUT2D eigenvalue weighted by molar-refractivity contribution is 5.35. The molecule has 2 N–H and O–H groups in total.